The third-order valence-corrected chi connectivity index (χ3v) is 4.94. The molecule has 6 heteroatoms. The van der Waals surface area contributed by atoms with Crippen molar-refractivity contribution >= 4 is 5.91 Å². The fraction of sp³-hybridized carbons (Fsp3) is 0.526. The van der Waals surface area contributed by atoms with Crippen molar-refractivity contribution in [3.05, 3.63) is 47.3 Å². The van der Waals surface area contributed by atoms with Crippen molar-refractivity contribution in [2.75, 3.05) is 0 Å². The van der Waals surface area contributed by atoms with Gasteiger partial charge < -0.3 is 9.88 Å². The number of hydrogen-bond acceptors (Lipinski definition) is 3. The number of nitrogens with one attached hydrogen (secondary N) is 1. The van der Waals surface area contributed by atoms with Gasteiger partial charge in [-0.3, -0.25) is 4.79 Å². The average Bonchev–Trinajstić information content (AvgIpc) is 2.98. The van der Waals surface area contributed by atoms with Crippen LogP contribution in [0.2, 0.25) is 0 Å². The molecule has 1 aromatic carbocycles. The van der Waals surface area contributed by atoms with Gasteiger partial charge in [0.2, 0.25) is 5.91 Å². The monoisotopic (exact) mass is 344 g/mol. The minimum Gasteiger partial charge on any atom is -0.351 e. The number of aromatic nitrogens is 3. The summed E-state index contributed by atoms with van der Waals surface area (Å²) in [6.07, 6.45) is 1.60. The van der Waals surface area contributed by atoms with Gasteiger partial charge in [0.1, 0.15) is 17.5 Å². The van der Waals surface area contributed by atoms with E-state index in [0.29, 0.717) is 12.1 Å². The molecule has 0 saturated carbocycles. The highest BCUT2D eigenvalue weighted by Crippen LogP contribution is 2.27. The highest BCUT2D eigenvalue weighted by Gasteiger charge is 2.34. The second-order valence-corrected chi connectivity index (χ2v) is 7.55. The van der Waals surface area contributed by atoms with Gasteiger partial charge in [-0.2, -0.15) is 0 Å². The lowest BCUT2D eigenvalue weighted by molar-refractivity contribution is -0.126. The summed E-state index contributed by atoms with van der Waals surface area (Å²) < 4.78 is 16.2. The number of amides is 1. The fourth-order valence-corrected chi connectivity index (χ4v) is 3.35. The number of rotatable bonds is 4. The molecule has 0 fully saturated rings. The van der Waals surface area contributed by atoms with Crippen LogP contribution in [0.3, 0.4) is 0 Å². The molecule has 0 saturated heterocycles. The smallest absolute Gasteiger partial charge is 0.230 e. The topological polar surface area (TPSA) is 59.8 Å². The Kier molecular flexibility index (Phi) is 4.62. The normalized spacial score (nSPS) is 17.4. The van der Waals surface area contributed by atoms with E-state index in [1.807, 2.05) is 0 Å². The quantitative estimate of drug-likeness (QED) is 0.928. The first-order valence-electron chi connectivity index (χ1n) is 8.78. The predicted octanol–water partition coefficient (Wildman–Crippen LogP) is 2.95. The standard InChI is InChI=1S/C19H25FN4O/c1-12(2)17-23-22-16-10-9-13(11-24(16)17)21-18(25)19(3,4)14-7-5-6-8-15(14)20/h5-8,12-13H,9-11H2,1-4H3,(H,21,25). The van der Waals surface area contributed by atoms with Crippen molar-refractivity contribution in [2.45, 2.75) is 64.5 Å². The Balaban J connectivity index is 1.75. The molecule has 0 aliphatic carbocycles. The Morgan fingerprint density at radius 2 is 2.04 bits per heavy atom. The van der Waals surface area contributed by atoms with E-state index in [1.165, 1.54) is 6.07 Å². The van der Waals surface area contributed by atoms with Crippen LogP contribution in [-0.4, -0.2) is 26.7 Å². The number of hydrogen-bond donors (Lipinski definition) is 1. The summed E-state index contributed by atoms with van der Waals surface area (Å²) in [6, 6.07) is 6.45. The zero-order chi connectivity index (χ0) is 18.2. The van der Waals surface area contributed by atoms with Crippen LogP contribution in [0, 0.1) is 5.82 Å². The first kappa shape index (κ1) is 17.6. The van der Waals surface area contributed by atoms with E-state index in [9.17, 15) is 9.18 Å². The summed E-state index contributed by atoms with van der Waals surface area (Å²) in [6.45, 7) is 8.34. The van der Waals surface area contributed by atoms with Crippen molar-refractivity contribution in [3.8, 4) is 0 Å². The number of halogens is 1. The van der Waals surface area contributed by atoms with Crippen LogP contribution in [-0.2, 0) is 23.2 Å². The third-order valence-electron chi connectivity index (χ3n) is 4.94. The van der Waals surface area contributed by atoms with Gasteiger partial charge in [-0.05, 0) is 26.3 Å². The lowest BCUT2D eigenvalue weighted by Gasteiger charge is -2.31. The van der Waals surface area contributed by atoms with Gasteiger partial charge in [-0.1, -0.05) is 32.0 Å². The largest absolute Gasteiger partial charge is 0.351 e. The molecule has 1 aromatic heterocycles. The predicted molar refractivity (Wildman–Crippen MR) is 93.8 cm³/mol. The molecule has 0 bridgehead atoms. The van der Waals surface area contributed by atoms with Crippen molar-refractivity contribution in [3.63, 3.8) is 0 Å². The van der Waals surface area contributed by atoms with Crippen LogP contribution >= 0.6 is 0 Å². The number of nitrogens with zero attached hydrogens (tertiary/aromatic N) is 3. The maximum absolute atomic E-state index is 14.1. The Morgan fingerprint density at radius 3 is 2.72 bits per heavy atom. The number of fused-ring (bicyclic) bond motifs is 1. The summed E-state index contributed by atoms with van der Waals surface area (Å²) in [7, 11) is 0. The molecule has 134 valence electrons. The fourth-order valence-electron chi connectivity index (χ4n) is 3.35. The molecular formula is C19H25FN4O. The van der Waals surface area contributed by atoms with E-state index in [4.69, 9.17) is 0 Å². The number of aryl methyl sites for hydroxylation is 1. The zero-order valence-corrected chi connectivity index (χ0v) is 15.2. The van der Waals surface area contributed by atoms with Gasteiger partial charge >= 0.3 is 0 Å². The number of carbonyl (C=O) groups is 1. The summed E-state index contributed by atoms with van der Waals surface area (Å²) in [5, 5.41) is 11.6. The van der Waals surface area contributed by atoms with E-state index < -0.39 is 5.41 Å². The highest BCUT2D eigenvalue weighted by atomic mass is 19.1. The molecule has 3 rings (SSSR count). The molecular weight excluding hydrogens is 319 g/mol. The van der Waals surface area contributed by atoms with Crippen LogP contribution in [0.1, 0.15) is 57.2 Å². The molecule has 1 aliphatic rings. The second-order valence-electron chi connectivity index (χ2n) is 7.55. The summed E-state index contributed by atoms with van der Waals surface area (Å²) in [4.78, 5) is 12.8. The molecule has 5 nitrogen and oxygen atoms in total. The molecule has 2 heterocycles. The van der Waals surface area contributed by atoms with Gasteiger partial charge in [-0.25, -0.2) is 4.39 Å². The number of benzene rings is 1. The van der Waals surface area contributed by atoms with Crippen LogP contribution in [0.25, 0.3) is 0 Å². The molecule has 2 aromatic rings. The Labute approximate surface area is 147 Å². The molecule has 0 radical (unpaired) electrons. The maximum atomic E-state index is 14.1. The van der Waals surface area contributed by atoms with Crippen molar-refractivity contribution in [2.24, 2.45) is 0 Å². The lowest BCUT2D eigenvalue weighted by atomic mass is 9.83. The molecule has 1 amide bonds. The van der Waals surface area contributed by atoms with Gasteiger partial charge in [0.05, 0.1) is 5.41 Å². The van der Waals surface area contributed by atoms with Crippen LogP contribution < -0.4 is 5.32 Å². The molecule has 1 N–H and O–H groups in total. The van der Waals surface area contributed by atoms with Crippen molar-refractivity contribution in [1.82, 2.24) is 20.1 Å². The van der Waals surface area contributed by atoms with Gasteiger partial charge in [0, 0.05) is 30.5 Å². The van der Waals surface area contributed by atoms with E-state index in [2.05, 4.69) is 33.9 Å². The Hall–Kier alpha value is -2.24. The Bertz CT molecular complexity index is 781. The SMILES string of the molecule is CC(C)c1nnc2n1CC(NC(=O)C(C)(C)c1ccccc1F)CC2. The van der Waals surface area contributed by atoms with Gasteiger partial charge in [0.25, 0.3) is 0 Å². The van der Waals surface area contributed by atoms with E-state index in [-0.39, 0.29) is 23.7 Å². The molecule has 25 heavy (non-hydrogen) atoms. The minimum absolute atomic E-state index is 0.000418. The molecule has 1 aliphatic heterocycles. The average molecular weight is 344 g/mol. The third kappa shape index (κ3) is 3.30. The lowest BCUT2D eigenvalue weighted by Crippen LogP contribution is -2.48. The van der Waals surface area contributed by atoms with Crippen LogP contribution in [0.4, 0.5) is 4.39 Å². The summed E-state index contributed by atoms with van der Waals surface area (Å²) in [5.41, 5.74) is -0.518. The second kappa shape index (κ2) is 6.58. The Morgan fingerprint density at radius 1 is 1.32 bits per heavy atom. The van der Waals surface area contributed by atoms with E-state index in [1.54, 1.807) is 32.0 Å². The summed E-state index contributed by atoms with van der Waals surface area (Å²) >= 11 is 0. The first-order chi connectivity index (χ1) is 11.8. The highest BCUT2D eigenvalue weighted by molar-refractivity contribution is 5.87. The molecule has 1 unspecified atom stereocenters. The van der Waals surface area contributed by atoms with Gasteiger partial charge in [-0.15, -0.1) is 10.2 Å². The number of carbonyl (C=O) groups excluding carboxylic acids is 1. The first-order valence-corrected chi connectivity index (χ1v) is 8.78. The minimum atomic E-state index is -0.931. The van der Waals surface area contributed by atoms with E-state index in [0.717, 1.165) is 24.5 Å². The maximum Gasteiger partial charge on any atom is 0.230 e. The van der Waals surface area contributed by atoms with Crippen LogP contribution in [0.15, 0.2) is 24.3 Å². The van der Waals surface area contributed by atoms with Crippen molar-refractivity contribution in [1.29, 1.82) is 0 Å². The summed E-state index contributed by atoms with van der Waals surface area (Å²) in [5.74, 6) is 1.69. The van der Waals surface area contributed by atoms with E-state index >= 15 is 0 Å². The molecule has 0 spiro atoms. The van der Waals surface area contributed by atoms with Gasteiger partial charge in [0.15, 0.2) is 0 Å². The van der Waals surface area contributed by atoms with Crippen molar-refractivity contribution < 1.29 is 9.18 Å². The zero-order valence-electron chi connectivity index (χ0n) is 15.2. The molecule has 1 atom stereocenters. The van der Waals surface area contributed by atoms with Crippen LogP contribution in [0.5, 0.6) is 0 Å².